The van der Waals surface area contributed by atoms with Crippen LogP contribution in [0.3, 0.4) is 0 Å². The summed E-state index contributed by atoms with van der Waals surface area (Å²) in [7, 11) is 0. The average molecular weight is 173 g/mol. The summed E-state index contributed by atoms with van der Waals surface area (Å²) in [6, 6.07) is 0. The van der Waals surface area contributed by atoms with E-state index in [0.717, 1.165) is 23.4 Å². The van der Waals surface area contributed by atoms with Crippen molar-refractivity contribution in [2.45, 2.75) is 13.8 Å². The first kappa shape index (κ1) is 9.72. The summed E-state index contributed by atoms with van der Waals surface area (Å²) in [4.78, 5) is 4.39. The summed E-state index contributed by atoms with van der Waals surface area (Å²) >= 11 is 0. The number of hydrogen-bond donors (Lipinski definition) is 0. The van der Waals surface area contributed by atoms with Gasteiger partial charge in [-0.25, -0.2) is 0 Å². The zero-order valence-corrected chi connectivity index (χ0v) is 8.25. The SMILES string of the molecule is C=C(C)/C=C1/C=CC=CC1=NCC. The van der Waals surface area contributed by atoms with E-state index in [0.29, 0.717) is 0 Å². The third-order valence-corrected chi connectivity index (χ3v) is 1.67. The van der Waals surface area contributed by atoms with Crippen LogP contribution in [0.25, 0.3) is 0 Å². The fourth-order valence-corrected chi connectivity index (χ4v) is 1.19. The van der Waals surface area contributed by atoms with Crippen molar-refractivity contribution in [3.63, 3.8) is 0 Å². The molecule has 0 spiro atoms. The Morgan fingerprint density at radius 2 is 2.15 bits per heavy atom. The highest BCUT2D eigenvalue weighted by Crippen LogP contribution is 2.10. The predicted octanol–water partition coefficient (Wildman–Crippen LogP) is 3.08. The maximum absolute atomic E-state index is 4.39. The molecule has 0 heterocycles. The van der Waals surface area contributed by atoms with Crippen LogP contribution >= 0.6 is 0 Å². The molecule has 1 heteroatoms. The zero-order valence-electron chi connectivity index (χ0n) is 8.25. The molecule has 68 valence electrons. The third kappa shape index (κ3) is 2.86. The molecule has 0 bridgehead atoms. The van der Waals surface area contributed by atoms with E-state index < -0.39 is 0 Å². The lowest BCUT2D eigenvalue weighted by molar-refractivity contribution is 1.13. The van der Waals surface area contributed by atoms with Gasteiger partial charge in [-0.1, -0.05) is 36.5 Å². The van der Waals surface area contributed by atoms with Crippen molar-refractivity contribution in [1.29, 1.82) is 0 Å². The molecule has 0 aromatic carbocycles. The van der Waals surface area contributed by atoms with Gasteiger partial charge < -0.3 is 0 Å². The van der Waals surface area contributed by atoms with E-state index in [4.69, 9.17) is 0 Å². The topological polar surface area (TPSA) is 12.4 Å². The van der Waals surface area contributed by atoms with Crippen LogP contribution < -0.4 is 0 Å². The van der Waals surface area contributed by atoms with Gasteiger partial charge in [0.25, 0.3) is 0 Å². The van der Waals surface area contributed by atoms with E-state index >= 15 is 0 Å². The first-order valence-electron chi connectivity index (χ1n) is 4.51. The van der Waals surface area contributed by atoms with Crippen LogP contribution in [0.2, 0.25) is 0 Å². The molecule has 0 saturated carbocycles. The monoisotopic (exact) mass is 173 g/mol. The Kier molecular flexibility index (Phi) is 3.44. The van der Waals surface area contributed by atoms with Gasteiger partial charge in [-0.05, 0) is 25.5 Å². The van der Waals surface area contributed by atoms with Crippen molar-refractivity contribution in [3.8, 4) is 0 Å². The molecule has 1 rings (SSSR count). The minimum absolute atomic E-state index is 0.820. The van der Waals surface area contributed by atoms with Crippen LogP contribution in [-0.4, -0.2) is 12.3 Å². The number of rotatable bonds is 2. The van der Waals surface area contributed by atoms with Crippen molar-refractivity contribution in [2.24, 2.45) is 4.99 Å². The molecule has 13 heavy (non-hydrogen) atoms. The molecule has 0 unspecified atom stereocenters. The summed E-state index contributed by atoms with van der Waals surface area (Å²) in [5.41, 5.74) is 3.25. The fourth-order valence-electron chi connectivity index (χ4n) is 1.19. The van der Waals surface area contributed by atoms with Crippen molar-refractivity contribution in [1.82, 2.24) is 0 Å². The van der Waals surface area contributed by atoms with Crippen LogP contribution in [-0.2, 0) is 0 Å². The minimum Gasteiger partial charge on any atom is -0.285 e. The van der Waals surface area contributed by atoms with Crippen LogP contribution in [0.15, 0.2) is 53.1 Å². The van der Waals surface area contributed by atoms with E-state index in [2.05, 4.69) is 23.7 Å². The Morgan fingerprint density at radius 1 is 1.46 bits per heavy atom. The van der Waals surface area contributed by atoms with E-state index in [1.165, 1.54) is 0 Å². The highest BCUT2D eigenvalue weighted by atomic mass is 14.7. The van der Waals surface area contributed by atoms with Gasteiger partial charge in [0.15, 0.2) is 0 Å². The molecule has 0 fully saturated rings. The minimum atomic E-state index is 0.820. The van der Waals surface area contributed by atoms with Crippen LogP contribution in [0.1, 0.15) is 13.8 Å². The van der Waals surface area contributed by atoms with Gasteiger partial charge >= 0.3 is 0 Å². The lowest BCUT2D eigenvalue weighted by Gasteiger charge is -2.06. The van der Waals surface area contributed by atoms with E-state index in [-0.39, 0.29) is 0 Å². The van der Waals surface area contributed by atoms with Crippen LogP contribution in [0, 0.1) is 0 Å². The van der Waals surface area contributed by atoms with Crippen molar-refractivity contribution < 1.29 is 0 Å². The second-order valence-electron chi connectivity index (χ2n) is 3.02. The standard InChI is InChI=1S/C12H15N/c1-4-13-12-8-6-5-7-11(12)9-10(2)3/h5-9H,2,4H2,1,3H3/b11-9-,13-12?. The first-order chi connectivity index (χ1) is 6.24. The Morgan fingerprint density at radius 3 is 2.77 bits per heavy atom. The normalized spacial score (nSPS) is 21.4. The maximum Gasteiger partial charge on any atom is 0.0646 e. The molecule has 0 saturated heterocycles. The fraction of sp³-hybridized carbons (Fsp3) is 0.250. The molecule has 1 aliphatic rings. The largest absolute Gasteiger partial charge is 0.285 e. The second-order valence-corrected chi connectivity index (χ2v) is 3.02. The predicted molar refractivity (Wildman–Crippen MR) is 59.2 cm³/mol. The summed E-state index contributed by atoms with van der Waals surface area (Å²) in [6.45, 7) is 8.70. The average Bonchev–Trinajstić information content (AvgIpc) is 2.08. The molecule has 0 aliphatic heterocycles. The number of hydrogen-bond acceptors (Lipinski definition) is 1. The smallest absolute Gasteiger partial charge is 0.0646 e. The molecular formula is C12H15N. The molecule has 0 N–H and O–H groups in total. The maximum atomic E-state index is 4.39. The molecular weight excluding hydrogens is 158 g/mol. The summed E-state index contributed by atoms with van der Waals surface area (Å²) in [5, 5.41) is 0. The van der Waals surface area contributed by atoms with Crippen LogP contribution in [0.5, 0.6) is 0 Å². The van der Waals surface area contributed by atoms with Gasteiger partial charge in [0.1, 0.15) is 0 Å². The van der Waals surface area contributed by atoms with Gasteiger partial charge in [0, 0.05) is 6.54 Å². The summed E-state index contributed by atoms with van der Waals surface area (Å²) in [5.74, 6) is 0. The lowest BCUT2D eigenvalue weighted by atomic mass is 10.0. The highest BCUT2D eigenvalue weighted by Gasteiger charge is 2.01. The summed E-state index contributed by atoms with van der Waals surface area (Å²) in [6.07, 6.45) is 10.2. The van der Waals surface area contributed by atoms with Gasteiger partial charge in [0.2, 0.25) is 0 Å². The van der Waals surface area contributed by atoms with Gasteiger partial charge in [-0.15, -0.1) is 0 Å². The van der Waals surface area contributed by atoms with Gasteiger partial charge in [-0.3, -0.25) is 4.99 Å². The molecule has 0 amide bonds. The quantitative estimate of drug-likeness (QED) is 0.608. The van der Waals surface area contributed by atoms with E-state index in [1.807, 2.05) is 32.1 Å². The molecule has 0 atom stereocenters. The van der Waals surface area contributed by atoms with Gasteiger partial charge in [-0.2, -0.15) is 0 Å². The second kappa shape index (κ2) is 4.61. The Labute approximate surface area is 79.9 Å². The van der Waals surface area contributed by atoms with Gasteiger partial charge in [0.05, 0.1) is 5.71 Å². The van der Waals surface area contributed by atoms with E-state index in [1.54, 1.807) is 0 Å². The zero-order chi connectivity index (χ0) is 9.68. The molecule has 1 nitrogen and oxygen atoms in total. The highest BCUT2D eigenvalue weighted by molar-refractivity contribution is 6.11. The van der Waals surface area contributed by atoms with E-state index in [9.17, 15) is 0 Å². The Balaban J connectivity index is 2.95. The van der Waals surface area contributed by atoms with Crippen molar-refractivity contribution in [3.05, 3.63) is 48.1 Å². The first-order valence-corrected chi connectivity index (χ1v) is 4.51. The van der Waals surface area contributed by atoms with Crippen molar-refractivity contribution in [2.75, 3.05) is 6.54 Å². The number of nitrogens with zero attached hydrogens (tertiary/aromatic N) is 1. The number of allylic oxidation sites excluding steroid dienone is 7. The number of aliphatic imine (C=N–C) groups is 1. The third-order valence-electron chi connectivity index (χ3n) is 1.67. The summed E-state index contributed by atoms with van der Waals surface area (Å²) < 4.78 is 0. The van der Waals surface area contributed by atoms with Crippen molar-refractivity contribution >= 4 is 5.71 Å². The molecule has 0 radical (unpaired) electrons. The molecule has 1 aliphatic carbocycles. The molecule has 0 aromatic heterocycles. The Bertz CT molecular complexity index is 314. The Hall–Kier alpha value is -1.37. The lowest BCUT2D eigenvalue weighted by Crippen LogP contribution is -2.00. The molecule has 0 aromatic rings. The van der Waals surface area contributed by atoms with Crippen LogP contribution in [0.4, 0.5) is 0 Å².